The summed E-state index contributed by atoms with van der Waals surface area (Å²) in [7, 11) is 1.69. The molecule has 2 heterocycles. The minimum atomic E-state index is -4.14. The number of rotatable bonds is 8. The van der Waals surface area contributed by atoms with Crippen molar-refractivity contribution in [2.24, 2.45) is 16.8 Å². The number of hydrogen-bond acceptors (Lipinski definition) is 4. The SMILES string of the molecule is CN=C(NCc1ccc(C)cc1OCC1CCOC1)NCC1CCN(CC(F)(F)F)C1. The van der Waals surface area contributed by atoms with Crippen LogP contribution in [0.3, 0.4) is 0 Å². The van der Waals surface area contributed by atoms with E-state index in [-0.39, 0.29) is 5.92 Å². The Kier molecular flexibility index (Phi) is 8.43. The van der Waals surface area contributed by atoms with E-state index in [2.05, 4.69) is 15.6 Å². The fourth-order valence-electron chi connectivity index (χ4n) is 3.98. The van der Waals surface area contributed by atoms with Gasteiger partial charge in [0.05, 0.1) is 19.8 Å². The lowest BCUT2D eigenvalue weighted by Gasteiger charge is -2.19. The average Bonchev–Trinajstić information content (AvgIpc) is 3.38. The predicted octanol–water partition coefficient (Wildman–Crippen LogP) is 2.96. The Morgan fingerprint density at radius 2 is 2.10 bits per heavy atom. The van der Waals surface area contributed by atoms with Crippen molar-refractivity contribution in [3.8, 4) is 5.75 Å². The number of aryl methyl sites for hydroxylation is 1. The summed E-state index contributed by atoms with van der Waals surface area (Å²) in [6.45, 7) is 5.45. The molecule has 0 spiro atoms. The molecule has 6 nitrogen and oxygen atoms in total. The Labute approximate surface area is 182 Å². The summed E-state index contributed by atoms with van der Waals surface area (Å²) < 4.78 is 49.2. The average molecular weight is 443 g/mol. The number of ether oxygens (including phenoxy) is 2. The third-order valence-corrected chi connectivity index (χ3v) is 5.72. The number of hydrogen-bond donors (Lipinski definition) is 2. The van der Waals surface area contributed by atoms with Gasteiger partial charge in [-0.25, -0.2) is 0 Å². The lowest BCUT2D eigenvalue weighted by atomic mass is 10.1. The van der Waals surface area contributed by atoms with Gasteiger partial charge in [0.25, 0.3) is 0 Å². The maximum atomic E-state index is 12.6. The van der Waals surface area contributed by atoms with Crippen molar-refractivity contribution < 1.29 is 22.6 Å². The molecule has 2 N–H and O–H groups in total. The molecular formula is C22H33F3N4O2. The zero-order valence-corrected chi connectivity index (χ0v) is 18.3. The second-order valence-corrected chi connectivity index (χ2v) is 8.46. The van der Waals surface area contributed by atoms with Crippen LogP contribution < -0.4 is 15.4 Å². The van der Waals surface area contributed by atoms with Crippen LogP contribution >= 0.6 is 0 Å². The summed E-state index contributed by atoms with van der Waals surface area (Å²) in [5, 5.41) is 6.53. The molecule has 0 aliphatic carbocycles. The number of nitrogens with zero attached hydrogens (tertiary/aromatic N) is 2. The standard InChI is InChI=1S/C22H33F3N4O2/c1-16-3-4-19(20(9-16)31-14-18-6-8-30-13-18)11-28-21(26-2)27-10-17-5-7-29(12-17)15-22(23,24)25/h3-4,9,17-18H,5-8,10-15H2,1-2H3,(H2,26,27,28). The van der Waals surface area contributed by atoms with Gasteiger partial charge in [-0.2, -0.15) is 13.2 Å². The lowest BCUT2D eigenvalue weighted by Crippen LogP contribution is -2.40. The molecule has 1 aromatic carbocycles. The maximum Gasteiger partial charge on any atom is 0.401 e. The van der Waals surface area contributed by atoms with Gasteiger partial charge in [-0.3, -0.25) is 9.89 Å². The van der Waals surface area contributed by atoms with Gasteiger partial charge in [0.1, 0.15) is 5.75 Å². The molecule has 2 aliphatic rings. The molecule has 0 aromatic heterocycles. The fraction of sp³-hybridized carbons (Fsp3) is 0.682. The van der Waals surface area contributed by atoms with Crippen LogP contribution in [0.2, 0.25) is 0 Å². The summed E-state index contributed by atoms with van der Waals surface area (Å²) >= 11 is 0. The van der Waals surface area contributed by atoms with Gasteiger partial charge in [0.15, 0.2) is 5.96 Å². The molecule has 9 heteroatoms. The number of benzene rings is 1. The van der Waals surface area contributed by atoms with Crippen molar-refractivity contribution in [2.75, 3.05) is 53.0 Å². The van der Waals surface area contributed by atoms with Crippen molar-refractivity contribution in [3.63, 3.8) is 0 Å². The first-order chi connectivity index (χ1) is 14.8. The van der Waals surface area contributed by atoms with Gasteiger partial charge in [-0.05, 0) is 43.9 Å². The van der Waals surface area contributed by atoms with Gasteiger partial charge in [-0.15, -0.1) is 0 Å². The summed E-state index contributed by atoms with van der Waals surface area (Å²) in [6, 6.07) is 6.13. The van der Waals surface area contributed by atoms with Crippen molar-refractivity contribution in [3.05, 3.63) is 29.3 Å². The molecular weight excluding hydrogens is 409 g/mol. The van der Waals surface area contributed by atoms with Gasteiger partial charge >= 0.3 is 6.18 Å². The lowest BCUT2D eigenvalue weighted by molar-refractivity contribution is -0.143. The van der Waals surface area contributed by atoms with Crippen molar-refractivity contribution >= 4 is 5.96 Å². The second-order valence-electron chi connectivity index (χ2n) is 8.46. The number of guanidine groups is 1. The zero-order chi connectivity index (χ0) is 22.3. The highest BCUT2D eigenvalue weighted by atomic mass is 19.4. The molecule has 1 aromatic rings. The van der Waals surface area contributed by atoms with Crippen LogP contribution in [-0.4, -0.2) is 70.1 Å². The van der Waals surface area contributed by atoms with Crippen LogP contribution in [0.25, 0.3) is 0 Å². The van der Waals surface area contributed by atoms with Crippen LogP contribution in [0, 0.1) is 18.8 Å². The van der Waals surface area contributed by atoms with E-state index >= 15 is 0 Å². The largest absolute Gasteiger partial charge is 0.493 e. The van der Waals surface area contributed by atoms with E-state index in [1.807, 2.05) is 25.1 Å². The third kappa shape index (κ3) is 7.88. The van der Waals surface area contributed by atoms with Crippen LogP contribution in [-0.2, 0) is 11.3 Å². The molecule has 2 saturated heterocycles. The highest BCUT2D eigenvalue weighted by molar-refractivity contribution is 5.79. The van der Waals surface area contributed by atoms with Crippen LogP contribution in [0.15, 0.2) is 23.2 Å². The van der Waals surface area contributed by atoms with Gasteiger partial charge in [-0.1, -0.05) is 12.1 Å². The first-order valence-corrected chi connectivity index (χ1v) is 10.9. The zero-order valence-electron chi connectivity index (χ0n) is 18.3. The Morgan fingerprint density at radius 1 is 1.26 bits per heavy atom. The molecule has 2 atom stereocenters. The minimum Gasteiger partial charge on any atom is -0.493 e. The van der Waals surface area contributed by atoms with Crippen molar-refractivity contribution in [1.82, 2.24) is 15.5 Å². The molecule has 0 bridgehead atoms. The van der Waals surface area contributed by atoms with E-state index in [0.29, 0.717) is 44.7 Å². The van der Waals surface area contributed by atoms with Crippen molar-refractivity contribution in [2.45, 2.75) is 32.5 Å². The molecule has 174 valence electrons. The van der Waals surface area contributed by atoms with Gasteiger partial charge in [0.2, 0.25) is 0 Å². The summed E-state index contributed by atoms with van der Waals surface area (Å²) in [4.78, 5) is 5.71. The number of alkyl halides is 3. The number of nitrogens with one attached hydrogen (secondary N) is 2. The van der Waals surface area contributed by atoms with E-state index in [4.69, 9.17) is 9.47 Å². The van der Waals surface area contributed by atoms with E-state index in [1.165, 1.54) is 4.90 Å². The first-order valence-electron chi connectivity index (χ1n) is 10.9. The topological polar surface area (TPSA) is 58.1 Å². The Hall–Kier alpha value is -2.00. The molecule has 2 unspecified atom stereocenters. The van der Waals surface area contributed by atoms with Gasteiger partial charge < -0.3 is 20.1 Å². The molecule has 2 aliphatic heterocycles. The van der Waals surface area contributed by atoms with E-state index < -0.39 is 12.7 Å². The third-order valence-electron chi connectivity index (χ3n) is 5.72. The Balaban J connectivity index is 1.46. The highest BCUT2D eigenvalue weighted by Crippen LogP contribution is 2.24. The van der Waals surface area contributed by atoms with Gasteiger partial charge in [0, 0.05) is 44.8 Å². The summed E-state index contributed by atoms with van der Waals surface area (Å²) in [5.41, 5.74) is 2.17. The molecule has 0 radical (unpaired) electrons. The van der Waals surface area contributed by atoms with Crippen molar-refractivity contribution in [1.29, 1.82) is 0 Å². The van der Waals surface area contributed by atoms with Crippen LogP contribution in [0.1, 0.15) is 24.0 Å². The van der Waals surface area contributed by atoms with Crippen LogP contribution in [0.5, 0.6) is 5.75 Å². The molecule has 31 heavy (non-hydrogen) atoms. The molecule has 3 rings (SSSR count). The summed E-state index contributed by atoms with van der Waals surface area (Å²) in [6.07, 6.45) is -2.36. The number of halogens is 3. The van der Waals surface area contributed by atoms with E-state index in [9.17, 15) is 13.2 Å². The molecule has 2 fully saturated rings. The molecule has 0 amide bonds. The normalized spacial score (nSPS) is 22.7. The smallest absolute Gasteiger partial charge is 0.401 e. The van der Waals surface area contributed by atoms with E-state index in [0.717, 1.165) is 42.9 Å². The first kappa shape index (κ1) is 23.7. The maximum absolute atomic E-state index is 12.6. The number of likely N-dealkylation sites (tertiary alicyclic amines) is 1. The fourth-order valence-corrected chi connectivity index (χ4v) is 3.98. The minimum absolute atomic E-state index is 0.174. The second kappa shape index (κ2) is 11.0. The predicted molar refractivity (Wildman–Crippen MR) is 114 cm³/mol. The monoisotopic (exact) mass is 442 g/mol. The quantitative estimate of drug-likeness (QED) is 0.479. The Morgan fingerprint density at radius 3 is 2.81 bits per heavy atom. The molecule has 0 saturated carbocycles. The van der Waals surface area contributed by atoms with E-state index in [1.54, 1.807) is 7.05 Å². The number of aliphatic imine (C=N–C) groups is 1. The Bertz CT molecular complexity index is 736. The summed E-state index contributed by atoms with van der Waals surface area (Å²) in [5.74, 6) is 2.09. The highest BCUT2D eigenvalue weighted by Gasteiger charge is 2.34. The van der Waals surface area contributed by atoms with Crippen LogP contribution in [0.4, 0.5) is 13.2 Å².